The molecule has 0 aliphatic carbocycles. The lowest BCUT2D eigenvalue weighted by Crippen LogP contribution is -2.16. The van der Waals surface area contributed by atoms with Crippen LogP contribution in [0.25, 0.3) is 0 Å². The monoisotopic (exact) mass is 301 g/mol. The van der Waals surface area contributed by atoms with E-state index in [-0.39, 0.29) is 18.1 Å². The minimum Gasteiger partial charge on any atom is -0.271 e. The summed E-state index contributed by atoms with van der Waals surface area (Å²) in [6.45, 7) is 5.17. The van der Waals surface area contributed by atoms with Crippen molar-refractivity contribution in [2.45, 2.75) is 32.2 Å². The van der Waals surface area contributed by atoms with Crippen LogP contribution in [-0.2, 0) is 23.6 Å². The first kappa shape index (κ1) is 14.5. The van der Waals surface area contributed by atoms with Gasteiger partial charge in [-0.05, 0) is 20.8 Å². The van der Waals surface area contributed by atoms with Crippen molar-refractivity contribution in [2.24, 2.45) is 7.05 Å². The molecule has 0 unspecified atom stereocenters. The summed E-state index contributed by atoms with van der Waals surface area (Å²) in [7, 11) is -2.36. The van der Waals surface area contributed by atoms with E-state index in [0.29, 0.717) is 0 Å². The Morgan fingerprint density at radius 2 is 2.00 bits per heavy atom. The van der Waals surface area contributed by atoms with Crippen LogP contribution in [-0.4, -0.2) is 28.0 Å². The maximum Gasteiger partial charge on any atom is 0.269 e. The Morgan fingerprint density at radius 1 is 1.35 bits per heavy atom. The third-order valence-electron chi connectivity index (χ3n) is 2.93. The van der Waals surface area contributed by atoms with Crippen molar-refractivity contribution in [3.63, 3.8) is 0 Å². The minimum atomic E-state index is -4.05. The van der Waals surface area contributed by atoms with Gasteiger partial charge in [0.25, 0.3) is 10.0 Å². The molecular weight excluding hydrogens is 285 g/mol. The molecule has 2 rings (SSSR count). The zero-order chi connectivity index (χ0) is 15.1. The highest BCUT2D eigenvalue weighted by Crippen LogP contribution is 2.21. The van der Waals surface area contributed by atoms with Gasteiger partial charge in [0, 0.05) is 25.4 Å². The molecule has 0 fully saturated rings. The van der Waals surface area contributed by atoms with Gasteiger partial charge in [-0.2, -0.15) is 14.6 Å². The highest BCUT2D eigenvalue weighted by molar-refractivity contribution is 7.92. The lowest BCUT2D eigenvalue weighted by molar-refractivity contribution is 0.454. The van der Waals surface area contributed by atoms with Gasteiger partial charge >= 0.3 is 0 Å². The molecule has 0 radical (unpaired) electrons. The number of halogens is 1. The van der Waals surface area contributed by atoms with Gasteiger partial charge in [-0.15, -0.1) is 0 Å². The molecule has 0 amide bonds. The zero-order valence-electron chi connectivity index (χ0n) is 11.7. The summed E-state index contributed by atoms with van der Waals surface area (Å²) in [5.74, 6) is -0.724. The van der Waals surface area contributed by atoms with Gasteiger partial charge in [0.15, 0.2) is 10.7 Å². The van der Waals surface area contributed by atoms with Gasteiger partial charge in [-0.25, -0.2) is 13.1 Å². The molecule has 0 aliphatic rings. The van der Waals surface area contributed by atoms with E-state index in [1.807, 2.05) is 0 Å². The maximum atomic E-state index is 14.0. The van der Waals surface area contributed by atoms with Crippen LogP contribution in [0.1, 0.15) is 18.3 Å². The minimum absolute atomic E-state index is 0.115. The summed E-state index contributed by atoms with van der Waals surface area (Å²) in [6, 6.07) is 1.56. The summed E-state index contributed by atoms with van der Waals surface area (Å²) in [6.07, 6.45) is 0. The van der Waals surface area contributed by atoms with Crippen LogP contribution in [0, 0.1) is 19.8 Å². The summed E-state index contributed by atoms with van der Waals surface area (Å²) >= 11 is 0. The number of aryl methyl sites for hydroxylation is 4. The molecule has 0 spiro atoms. The molecule has 0 aromatic carbocycles. The van der Waals surface area contributed by atoms with Crippen molar-refractivity contribution < 1.29 is 12.8 Å². The summed E-state index contributed by atoms with van der Waals surface area (Å²) in [4.78, 5) is -0.442. The number of nitrogens with zero attached hydrogens (tertiary/aromatic N) is 4. The van der Waals surface area contributed by atoms with E-state index in [1.165, 1.54) is 11.6 Å². The molecular formula is C11H16FN5O2S. The fraction of sp³-hybridized carbons (Fsp3) is 0.455. The number of anilines is 1. The number of hydrogen-bond donors (Lipinski definition) is 1. The number of hydrogen-bond acceptors (Lipinski definition) is 4. The lowest BCUT2D eigenvalue weighted by atomic mass is 10.5. The fourth-order valence-corrected chi connectivity index (χ4v) is 3.08. The zero-order valence-corrected chi connectivity index (χ0v) is 12.5. The van der Waals surface area contributed by atoms with Crippen LogP contribution in [0.15, 0.2) is 11.0 Å². The molecule has 9 heteroatoms. The molecule has 20 heavy (non-hydrogen) atoms. The first-order valence-corrected chi connectivity index (χ1v) is 7.51. The van der Waals surface area contributed by atoms with Crippen LogP contribution in [0.2, 0.25) is 0 Å². The predicted octanol–water partition coefficient (Wildman–Crippen LogP) is 1.19. The molecule has 0 aliphatic heterocycles. The molecule has 2 aromatic rings. The van der Waals surface area contributed by atoms with Crippen LogP contribution in [0.5, 0.6) is 0 Å². The number of rotatable bonds is 4. The summed E-state index contributed by atoms with van der Waals surface area (Å²) < 4.78 is 43.3. The van der Waals surface area contributed by atoms with E-state index in [0.717, 1.165) is 10.4 Å². The average molecular weight is 301 g/mol. The van der Waals surface area contributed by atoms with Gasteiger partial charge in [-0.3, -0.25) is 9.40 Å². The van der Waals surface area contributed by atoms with Gasteiger partial charge in [-0.1, -0.05) is 0 Å². The van der Waals surface area contributed by atoms with Crippen molar-refractivity contribution in [3.8, 4) is 0 Å². The van der Waals surface area contributed by atoms with Crippen LogP contribution < -0.4 is 4.72 Å². The quantitative estimate of drug-likeness (QED) is 0.919. The second-order valence-corrected chi connectivity index (χ2v) is 6.04. The molecule has 0 saturated carbocycles. The largest absolute Gasteiger partial charge is 0.271 e. The SMILES string of the molecule is CCn1nc(C)c(S(=O)(=O)Nc2cc(C)n(C)n2)c1F. The van der Waals surface area contributed by atoms with E-state index in [9.17, 15) is 12.8 Å². The second-order valence-electron chi connectivity index (χ2n) is 4.42. The van der Waals surface area contributed by atoms with Crippen molar-refractivity contribution in [1.29, 1.82) is 0 Å². The Morgan fingerprint density at radius 3 is 2.45 bits per heavy atom. The van der Waals surface area contributed by atoms with Crippen molar-refractivity contribution in [1.82, 2.24) is 19.6 Å². The molecule has 2 aromatic heterocycles. The van der Waals surface area contributed by atoms with Crippen molar-refractivity contribution >= 4 is 15.8 Å². The average Bonchev–Trinajstić information content (AvgIpc) is 2.79. The first-order chi connectivity index (χ1) is 9.26. The number of sulfonamides is 1. The third-order valence-corrected chi connectivity index (χ3v) is 4.41. The first-order valence-electron chi connectivity index (χ1n) is 6.02. The van der Waals surface area contributed by atoms with Crippen LogP contribution in [0.3, 0.4) is 0 Å². The molecule has 0 saturated heterocycles. The lowest BCUT2D eigenvalue weighted by Gasteiger charge is -2.04. The van der Waals surface area contributed by atoms with E-state index >= 15 is 0 Å². The van der Waals surface area contributed by atoms with Gasteiger partial charge in [0.05, 0.1) is 5.69 Å². The second kappa shape index (κ2) is 4.89. The highest BCUT2D eigenvalue weighted by atomic mass is 32.2. The van der Waals surface area contributed by atoms with Crippen molar-refractivity contribution in [2.75, 3.05) is 4.72 Å². The number of aromatic nitrogens is 4. The Hall–Kier alpha value is -1.90. The summed E-state index contributed by atoms with van der Waals surface area (Å²) in [5, 5.41) is 7.84. The highest BCUT2D eigenvalue weighted by Gasteiger charge is 2.27. The number of nitrogens with one attached hydrogen (secondary N) is 1. The predicted molar refractivity (Wildman–Crippen MR) is 71.3 cm³/mol. The Kier molecular flexibility index (Phi) is 3.55. The maximum absolute atomic E-state index is 14.0. The smallest absolute Gasteiger partial charge is 0.269 e. The van der Waals surface area contributed by atoms with E-state index in [4.69, 9.17) is 0 Å². The fourth-order valence-electron chi connectivity index (χ4n) is 1.85. The van der Waals surface area contributed by atoms with Crippen LogP contribution >= 0.6 is 0 Å². The van der Waals surface area contributed by atoms with E-state index < -0.39 is 20.9 Å². The van der Waals surface area contributed by atoms with Crippen LogP contribution in [0.4, 0.5) is 10.2 Å². The molecule has 0 atom stereocenters. The molecule has 110 valence electrons. The standard InChI is InChI=1S/C11H16FN5O2S/c1-5-17-11(12)10(8(3)13-17)20(18,19)15-9-6-7(2)16(4)14-9/h6H,5H2,1-4H3,(H,14,15). The summed E-state index contributed by atoms with van der Waals surface area (Å²) in [5.41, 5.74) is 0.897. The molecule has 0 bridgehead atoms. The Balaban J connectivity index is 2.43. The molecule has 2 heterocycles. The van der Waals surface area contributed by atoms with Gasteiger partial charge in [0.1, 0.15) is 0 Å². The normalized spacial score (nSPS) is 11.8. The molecule has 7 nitrogen and oxygen atoms in total. The van der Waals surface area contributed by atoms with E-state index in [1.54, 1.807) is 27.0 Å². The third kappa shape index (κ3) is 2.40. The Bertz CT molecular complexity index is 728. The molecule has 1 N–H and O–H groups in total. The topological polar surface area (TPSA) is 81.8 Å². The van der Waals surface area contributed by atoms with Gasteiger partial charge < -0.3 is 0 Å². The van der Waals surface area contributed by atoms with Crippen molar-refractivity contribution in [3.05, 3.63) is 23.4 Å². The van der Waals surface area contributed by atoms with E-state index in [2.05, 4.69) is 14.9 Å². The van der Waals surface area contributed by atoms with Gasteiger partial charge in [0.2, 0.25) is 5.95 Å². The Labute approximate surface area is 116 Å².